The molecule has 1 aromatic carbocycles. The van der Waals surface area contributed by atoms with Crippen LogP contribution in [0.15, 0.2) is 40.9 Å². The molecule has 1 aliphatic carbocycles. The van der Waals surface area contributed by atoms with Crippen molar-refractivity contribution in [2.45, 2.75) is 0 Å². The summed E-state index contributed by atoms with van der Waals surface area (Å²) in [5, 5.41) is 1.22. The molecule has 0 radical (unpaired) electrons. The molecule has 1 aromatic rings. The highest BCUT2D eigenvalue weighted by Crippen LogP contribution is 2.42. The van der Waals surface area contributed by atoms with Gasteiger partial charge in [-0.15, -0.1) is 0 Å². The topological polar surface area (TPSA) is 22.3 Å². The van der Waals surface area contributed by atoms with Crippen LogP contribution in [-0.4, -0.2) is 6.79 Å². The molecule has 0 atom stereocenters. The van der Waals surface area contributed by atoms with Crippen molar-refractivity contribution in [3.05, 3.63) is 40.9 Å². The maximum Gasteiger partial charge on any atom is 0.231 e. The predicted molar refractivity (Wildman–Crippen MR) is 75.6 cm³/mol. The van der Waals surface area contributed by atoms with Crippen LogP contribution in [0.3, 0.4) is 0 Å². The van der Waals surface area contributed by atoms with Gasteiger partial charge >= 0.3 is 0 Å². The highest BCUT2D eigenvalue weighted by atomic mass is 79.9. The molecule has 0 unspecified atom stereocenters. The molecule has 0 aromatic heterocycles. The second-order valence-electron chi connectivity index (χ2n) is 4.61. The van der Waals surface area contributed by atoms with E-state index in [0.717, 1.165) is 27.2 Å². The molecule has 0 saturated heterocycles. The second kappa shape index (κ2) is 4.90. The maximum atomic E-state index is 5.53. The number of hydrogen-bond donors (Lipinski definition) is 0. The molecule has 2 aliphatic heterocycles. The highest BCUT2D eigenvalue weighted by molar-refractivity contribution is 9.10. The summed E-state index contributed by atoms with van der Waals surface area (Å²) in [5.41, 5.74) is 3.51. The van der Waals surface area contributed by atoms with Gasteiger partial charge in [-0.1, -0.05) is 12.1 Å². The van der Waals surface area contributed by atoms with Crippen molar-refractivity contribution < 1.29 is 31.0 Å². The van der Waals surface area contributed by atoms with Gasteiger partial charge in [0.1, 0.15) is 7.05 Å². The van der Waals surface area contributed by atoms with Crippen molar-refractivity contribution in [1.29, 1.82) is 0 Å². The van der Waals surface area contributed by atoms with Crippen molar-refractivity contribution in [2.24, 2.45) is 7.05 Å². The van der Waals surface area contributed by atoms with Crippen LogP contribution in [0.1, 0.15) is 0 Å². The monoisotopic (exact) mass is 395 g/mol. The predicted octanol–water partition coefficient (Wildman–Crippen LogP) is 0.264. The Labute approximate surface area is 135 Å². The van der Waals surface area contributed by atoms with Crippen molar-refractivity contribution >= 4 is 26.8 Å². The standard InChI is InChI=1S/C15H11BrNO2.BrH/c1-17-12-5-3-2-4-9(12)10-6-13-14(19-8-18-13)7-11(16)15(10)17;/h2-7H,8H2,1H3;1H/q+1;/p-1. The van der Waals surface area contributed by atoms with Crippen LogP contribution in [0, 0.1) is 0 Å². The normalized spacial score (nSPS) is 12.7. The van der Waals surface area contributed by atoms with Gasteiger partial charge in [-0.05, 0) is 28.1 Å². The van der Waals surface area contributed by atoms with E-state index in [2.05, 4.69) is 57.9 Å². The van der Waals surface area contributed by atoms with Gasteiger partial charge in [-0.25, -0.2) is 0 Å². The zero-order valence-electron chi connectivity index (χ0n) is 10.7. The van der Waals surface area contributed by atoms with Crippen LogP contribution < -0.4 is 31.0 Å². The van der Waals surface area contributed by atoms with Crippen molar-refractivity contribution in [2.75, 3.05) is 6.79 Å². The van der Waals surface area contributed by atoms with Gasteiger partial charge < -0.3 is 26.5 Å². The number of rotatable bonds is 0. The lowest BCUT2D eigenvalue weighted by atomic mass is 10.1. The van der Waals surface area contributed by atoms with Gasteiger partial charge in [0, 0.05) is 12.1 Å². The minimum atomic E-state index is 0. The van der Waals surface area contributed by atoms with E-state index >= 15 is 0 Å². The van der Waals surface area contributed by atoms with Crippen molar-refractivity contribution in [3.63, 3.8) is 0 Å². The van der Waals surface area contributed by atoms with E-state index < -0.39 is 0 Å². The van der Waals surface area contributed by atoms with Gasteiger partial charge in [0.15, 0.2) is 11.5 Å². The van der Waals surface area contributed by atoms with Crippen LogP contribution in [0.2, 0.25) is 0 Å². The first-order chi connectivity index (χ1) is 9.25. The molecule has 0 bridgehead atoms. The molecule has 5 heteroatoms. The lowest BCUT2D eigenvalue weighted by Gasteiger charge is -1.93. The summed E-state index contributed by atoms with van der Waals surface area (Å²) in [6.07, 6.45) is 0. The molecule has 0 N–H and O–H groups in total. The molecule has 0 saturated carbocycles. The Bertz CT molecular complexity index is 789. The summed E-state index contributed by atoms with van der Waals surface area (Å²) in [6, 6.07) is 12.4. The highest BCUT2D eigenvalue weighted by Gasteiger charge is 2.28. The fraction of sp³-hybridized carbons (Fsp3) is 0.133. The number of benzene rings is 1. The van der Waals surface area contributed by atoms with Gasteiger partial charge in [-0.3, -0.25) is 0 Å². The van der Waals surface area contributed by atoms with E-state index in [1.54, 1.807) is 0 Å². The average Bonchev–Trinajstić information content (AvgIpc) is 2.91. The number of nitrogens with zero attached hydrogens (tertiary/aromatic N) is 1. The molecular formula is C15H11Br2NO2. The van der Waals surface area contributed by atoms with E-state index in [0.29, 0.717) is 0 Å². The van der Waals surface area contributed by atoms with Crippen molar-refractivity contribution in [1.82, 2.24) is 0 Å². The molecular weight excluding hydrogens is 386 g/mol. The van der Waals surface area contributed by atoms with E-state index in [-0.39, 0.29) is 23.8 Å². The number of fused-ring (bicyclic) bond motifs is 4. The number of aryl methyl sites for hydroxylation is 1. The third kappa shape index (κ3) is 1.80. The third-order valence-corrected chi connectivity index (χ3v) is 4.18. The zero-order chi connectivity index (χ0) is 13.0. The first-order valence-corrected chi connectivity index (χ1v) is 6.84. The molecule has 3 nitrogen and oxygen atoms in total. The van der Waals surface area contributed by atoms with Crippen LogP contribution in [-0.2, 0) is 7.05 Å². The van der Waals surface area contributed by atoms with E-state index in [9.17, 15) is 0 Å². The van der Waals surface area contributed by atoms with E-state index in [1.165, 1.54) is 10.9 Å². The average molecular weight is 397 g/mol. The first kappa shape index (κ1) is 13.6. The molecule has 102 valence electrons. The van der Waals surface area contributed by atoms with Crippen LogP contribution >= 0.6 is 15.9 Å². The second-order valence-corrected chi connectivity index (χ2v) is 5.46. The summed E-state index contributed by atoms with van der Waals surface area (Å²) < 4.78 is 14.2. The molecule has 4 rings (SSSR count). The molecule has 0 fully saturated rings. The number of para-hydroxylation sites is 1. The van der Waals surface area contributed by atoms with Crippen LogP contribution in [0.25, 0.3) is 22.2 Å². The largest absolute Gasteiger partial charge is 1.00 e. The summed E-state index contributed by atoms with van der Waals surface area (Å²) in [7, 11) is 2.07. The Kier molecular flexibility index (Phi) is 3.34. The first-order valence-electron chi connectivity index (χ1n) is 6.05. The molecule has 0 spiro atoms. The minimum Gasteiger partial charge on any atom is -1.00 e. The fourth-order valence-electron chi connectivity index (χ4n) is 2.70. The Morgan fingerprint density at radius 3 is 2.60 bits per heavy atom. The number of ether oxygens (including phenoxy) is 2. The lowest BCUT2D eigenvalue weighted by Crippen LogP contribution is -3.00. The van der Waals surface area contributed by atoms with E-state index in [1.807, 2.05) is 6.07 Å². The molecule has 20 heavy (non-hydrogen) atoms. The maximum absolute atomic E-state index is 5.53. The Morgan fingerprint density at radius 1 is 1.10 bits per heavy atom. The Balaban J connectivity index is 0.00000121. The smallest absolute Gasteiger partial charge is 0.231 e. The van der Waals surface area contributed by atoms with Crippen LogP contribution in [0.4, 0.5) is 0 Å². The summed E-state index contributed by atoms with van der Waals surface area (Å²) in [4.78, 5) is 0. The van der Waals surface area contributed by atoms with Gasteiger partial charge in [0.05, 0.1) is 15.4 Å². The lowest BCUT2D eigenvalue weighted by molar-refractivity contribution is -0.631. The Hall–Kier alpha value is -1.33. The number of aromatic nitrogens is 1. The van der Waals surface area contributed by atoms with E-state index in [4.69, 9.17) is 9.47 Å². The van der Waals surface area contributed by atoms with Crippen molar-refractivity contribution in [3.8, 4) is 22.8 Å². The molecule has 0 amide bonds. The summed E-state index contributed by atoms with van der Waals surface area (Å²) in [5.74, 6) is 1.58. The van der Waals surface area contributed by atoms with Gasteiger partial charge in [0.2, 0.25) is 18.0 Å². The Morgan fingerprint density at radius 2 is 1.80 bits per heavy atom. The fourth-order valence-corrected chi connectivity index (χ4v) is 3.38. The summed E-state index contributed by atoms with van der Waals surface area (Å²) in [6.45, 7) is 0.290. The number of hydrogen-bond acceptors (Lipinski definition) is 2. The van der Waals surface area contributed by atoms with Gasteiger partial charge in [-0.2, -0.15) is 4.57 Å². The van der Waals surface area contributed by atoms with Gasteiger partial charge in [0.25, 0.3) is 0 Å². The third-order valence-electron chi connectivity index (χ3n) is 3.58. The molecule has 3 aliphatic rings. The zero-order valence-corrected chi connectivity index (χ0v) is 13.9. The number of halogens is 2. The van der Waals surface area contributed by atoms with Crippen LogP contribution in [0.5, 0.6) is 11.5 Å². The minimum absolute atomic E-state index is 0. The SMILES string of the molecule is C[n+]1c2c(Br)cc3c(cc-2c2ccccc21)OCO3.[Br-]. The summed E-state index contributed by atoms with van der Waals surface area (Å²) >= 11 is 3.65. The molecule has 2 heterocycles. The quantitative estimate of drug-likeness (QED) is 0.509.